The van der Waals surface area contributed by atoms with Crippen LogP contribution >= 0.6 is 0 Å². The fourth-order valence-electron chi connectivity index (χ4n) is 1.77. The third-order valence-electron chi connectivity index (χ3n) is 2.91. The highest BCUT2D eigenvalue weighted by Crippen LogP contribution is 2.29. The van der Waals surface area contributed by atoms with Crippen molar-refractivity contribution in [1.29, 1.82) is 5.41 Å². The Morgan fingerprint density at radius 3 is 2.38 bits per heavy atom. The average molecular weight is 292 g/mol. The summed E-state index contributed by atoms with van der Waals surface area (Å²) in [4.78, 5) is 0. The molecule has 2 rings (SSSR count). The third kappa shape index (κ3) is 3.28. The second kappa shape index (κ2) is 6.21. The zero-order valence-electron chi connectivity index (χ0n) is 11.3. The fraction of sp³-hybridized carbons (Fsp3) is 0.133. The van der Waals surface area contributed by atoms with Crippen molar-refractivity contribution < 1.29 is 18.3 Å². The number of nitrogen functional groups attached to an aromatic ring is 1. The molecule has 0 unspecified atom stereocenters. The Morgan fingerprint density at radius 1 is 1.14 bits per heavy atom. The van der Waals surface area contributed by atoms with Gasteiger partial charge in [0.05, 0.1) is 12.7 Å². The van der Waals surface area contributed by atoms with E-state index in [-0.39, 0.29) is 18.0 Å². The zero-order chi connectivity index (χ0) is 15.4. The van der Waals surface area contributed by atoms with Crippen LogP contribution in [0.4, 0.5) is 8.78 Å². The van der Waals surface area contributed by atoms with Crippen molar-refractivity contribution in [1.82, 2.24) is 0 Å². The van der Waals surface area contributed by atoms with Gasteiger partial charge in [-0.05, 0) is 30.3 Å². The van der Waals surface area contributed by atoms with Gasteiger partial charge in [0.15, 0.2) is 11.5 Å². The number of nitrogens with two attached hydrogens (primary N) is 1. The van der Waals surface area contributed by atoms with Crippen molar-refractivity contribution in [2.45, 2.75) is 6.61 Å². The number of methoxy groups -OCH3 is 1. The van der Waals surface area contributed by atoms with Gasteiger partial charge in [0, 0.05) is 5.56 Å². The Bertz CT molecular complexity index is 654. The van der Waals surface area contributed by atoms with Gasteiger partial charge in [-0.15, -0.1) is 0 Å². The van der Waals surface area contributed by atoms with Crippen LogP contribution in [0.1, 0.15) is 11.1 Å². The van der Waals surface area contributed by atoms with Gasteiger partial charge in [0.1, 0.15) is 24.1 Å². The molecule has 0 saturated heterocycles. The molecule has 0 fully saturated rings. The lowest BCUT2D eigenvalue weighted by Gasteiger charge is -2.12. The Balaban J connectivity index is 2.22. The molecule has 0 heterocycles. The molecule has 0 amide bonds. The van der Waals surface area contributed by atoms with Gasteiger partial charge >= 0.3 is 0 Å². The van der Waals surface area contributed by atoms with Gasteiger partial charge in [-0.25, -0.2) is 8.78 Å². The van der Waals surface area contributed by atoms with E-state index in [2.05, 4.69) is 0 Å². The summed E-state index contributed by atoms with van der Waals surface area (Å²) >= 11 is 0. The molecular formula is C15H14F2N2O2. The quantitative estimate of drug-likeness (QED) is 0.657. The molecule has 0 radical (unpaired) electrons. The van der Waals surface area contributed by atoms with Crippen molar-refractivity contribution in [3.05, 3.63) is 59.2 Å². The Hall–Kier alpha value is -2.63. The first-order chi connectivity index (χ1) is 10.0. The normalized spacial score (nSPS) is 10.2. The molecular weight excluding hydrogens is 278 g/mol. The second-order valence-electron chi connectivity index (χ2n) is 4.27. The summed E-state index contributed by atoms with van der Waals surface area (Å²) < 4.78 is 37.5. The molecule has 2 aromatic carbocycles. The Morgan fingerprint density at radius 2 is 1.81 bits per heavy atom. The summed E-state index contributed by atoms with van der Waals surface area (Å²) in [6, 6.07) is 8.24. The van der Waals surface area contributed by atoms with Crippen LogP contribution in [-0.4, -0.2) is 12.9 Å². The van der Waals surface area contributed by atoms with E-state index in [4.69, 9.17) is 20.6 Å². The maximum atomic E-state index is 13.5. The third-order valence-corrected chi connectivity index (χ3v) is 2.91. The maximum absolute atomic E-state index is 13.5. The lowest BCUT2D eigenvalue weighted by molar-refractivity contribution is 0.274. The molecule has 2 aromatic rings. The molecule has 0 atom stereocenters. The molecule has 0 aliphatic heterocycles. The maximum Gasteiger partial charge on any atom is 0.161 e. The summed E-state index contributed by atoms with van der Waals surface area (Å²) in [5, 5.41) is 7.35. The van der Waals surface area contributed by atoms with E-state index in [1.807, 2.05) is 0 Å². The van der Waals surface area contributed by atoms with E-state index in [0.29, 0.717) is 17.1 Å². The minimum atomic E-state index is -0.672. The van der Waals surface area contributed by atoms with Crippen molar-refractivity contribution in [2.24, 2.45) is 5.73 Å². The number of hydrogen-bond donors (Lipinski definition) is 2. The first-order valence-corrected chi connectivity index (χ1v) is 6.11. The first kappa shape index (κ1) is 14.8. The largest absolute Gasteiger partial charge is 0.493 e. The van der Waals surface area contributed by atoms with Gasteiger partial charge in [-0.2, -0.15) is 0 Å². The van der Waals surface area contributed by atoms with E-state index in [0.717, 1.165) is 12.1 Å². The van der Waals surface area contributed by atoms with Crippen molar-refractivity contribution >= 4 is 5.84 Å². The molecule has 3 N–H and O–H groups in total. The fourth-order valence-corrected chi connectivity index (χ4v) is 1.77. The van der Waals surface area contributed by atoms with Crippen molar-refractivity contribution in [2.75, 3.05) is 7.11 Å². The van der Waals surface area contributed by atoms with Crippen molar-refractivity contribution in [3.63, 3.8) is 0 Å². The zero-order valence-corrected chi connectivity index (χ0v) is 11.3. The lowest BCUT2D eigenvalue weighted by atomic mass is 10.2. The van der Waals surface area contributed by atoms with E-state index in [1.54, 1.807) is 6.07 Å². The highest BCUT2D eigenvalue weighted by Gasteiger charge is 2.12. The predicted octanol–water partition coefficient (Wildman–Crippen LogP) is 2.84. The predicted molar refractivity (Wildman–Crippen MR) is 74.7 cm³/mol. The topological polar surface area (TPSA) is 68.3 Å². The van der Waals surface area contributed by atoms with E-state index in [9.17, 15) is 8.78 Å². The minimum absolute atomic E-state index is 0.111. The van der Waals surface area contributed by atoms with Crippen LogP contribution in [0.2, 0.25) is 0 Å². The smallest absolute Gasteiger partial charge is 0.161 e. The molecule has 0 aromatic heterocycles. The second-order valence-corrected chi connectivity index (χ2v) is 4.27. The van der Waals surface area contributed by atoms with Gasteiger partial charge in [0.25, 0.3) is 0 Å². The van der Waals surface area contributed by atoms with Crippen LogP contribution in [0.25, 0.3) is 0 Å². The van der Waals surface area contributed by atoms with Crippen LogP contribution in [0.15, 0.2) is 36.4 Å². The summed E-state index contributed by atoms with van der Waals surface area (Å²) in [5.74, 6) is -0.812. The monoisotopic (exact) mass is 292 g/mol. The molecule has 110 valence electrons. The average Bonchev–Trinajstić information content (AvgIpc) is 2.46. The van der Waals surface area contributed by atoms with Gasteiger partial charge in [-0.1, -0.05) is 6.07 Å². The lowest BCUT2D eigenvalue weighted by Crippen LogP contribution is -2.11. The van der Waals surface area contributed by atoms with Gasteiger partial charge < -0.3 is 15.2 Å². The van der Waals surface area contributed by atoms with Crippen LogP contribution in [0, 0.1) is 17.0 Å². The number of benzene rings is 2. The summed E-state index contributed by atoms with van der Waals surface area (Å²) in [7, 11) is 1.43. The highest BCUT2D eigenvalue weighted by molar-refractivity contribution is 5.95. The number of amidine groups is 1. The SMILES string of the molecule is COc1cc(C(=N)N)ccc1OCc1c(F)cccc1F. The minimum Gasteiger partial charge on any atom is -0.493 e. The number of hydrogen-bond acceptors (Lipinski definition) is 3. The van der Waals surface area contributed by atoms with Gasteiger partial charge in [0.2, 0.25) is 0 Å². The van der Waals surface area contributed by atoms with E-state index >= 15 is 0 Å². The highest BCUT2D eigenvalue weighted by atomic mass is 19.1. The van der Waals surface area contributed by atoms with Crippen LogP contribution in [-0.2, 0) is 6.61 Å². The molecule has 0 bridgehead atoms. The standard InChI is InChI=1S/C15H14F2N2O2/c1-20-14-7-9(15(18)19)5-6-13(14)21-8-10-11(16)3-2-4-12(10)17/h2-7H,8H2,1H3,(H3,18,19). The Kier molecular flexibility index (Phi) is 4.37. The molecule has 0 saturated carbocycles. The summed E-state index contributed by atoms with van der Waals surface area (Å²) in [6.45, 7) is -0.270. The molecule has 21 heavy (non-hydrogen) atoms. The Labute approximate surface area is 120 Å². The molecule has 4 nitrogen and oxygen atoms in total. The van der Waals surface area contributed by atoms with Crippen LogP contribution in [0.5, 0.6) is 11.5 Å². The van der Waals surface area contributed by atoms with E-state index < -0.39 is 11.6 Å². The summed E-state index contributed by atoms with van der Waals surface area (Å²) in [6.07, 6.45) is 0. The molecule has 0 spiro atoms. The van der Waals surface area contributed by atoms with Gasteiger partial charge in [-0.3, -0.25) is 5.41 Å². The van der Waals surface area contributed by atoms with Crippen molar-refractivity contribution in [3.8, 4) is 11.5 Å². The van der Waals surface area contributed by atoms with Crippen LogP contribution in [0.3, 0.4) is 0 Å². The number of ether oxygens (including phenoxy) is 2. The van der Waals surface area contributed by atoms with Crippen LogP contribution < -0.4 is 15.2 Å². The summed E-state index contributed by atoms with van der Waals surface area (Å²) in [5.41, 5.74) is 5.69. The number of nitrogens with one attached hydrogen (secondary N) is 1. The number of rotatable bonds is 5. The first-order valence-electron chi connectivity index (χ1n) is 6.11. The van der Waals surface area contributed by atoms with E-state index in [1.165, 1.54) is 25.3 Å². The molecule has 0 aliphatic rings. The molecule has 6 heteroatoms. The number of halogens is 2. The molecule has 0 aliphatic carbocycles.